The standard InChI is InChI=1S/C21H25FN4O2/c1-3-11-26-20(27)17-19(24-18(23-17)14-7-5-6-8-14)25-21(26)28-16-10-9-13(4-2)12-15(16)22/h9-10,12,14H,3-8,11H2,1-2H3,(H,23,24). The first kappa shape index (κ1) is 18.7. The molecular formula is C21H25FN4O2. The number of nitrogens with one attached hydrogen (secondary N) is 1. The fraction of sp³-hybridized carbons (Fsp3) is 0.476. The third-order valence-electron chi connectivity index (χ3n) is 5.39. The fourth-order valence-electron chi connectivity index (χ4n) is 3.82. The van der Waals surface area contributed by atoms with Crippen LogP contribution in [0.2, 0.25) is 0 Å². The molecule has 1 N–H and O–H groups in total. The zero-order chi connectivity index (χ0) is 19.7. The molecule has 0 radical (unpaired) electrons. The van der Waals surface area contributed by atoms with Crippen LogP contribution in [0.5, 0.6) is 11.8 Å². The van der Waals surface area contributed by atoms with Crippen LogP contribution in [-0.4, -0.2) is 19.5 Å². The summed E-state index contributed by atoms with van der Waals surface area (Å²) in [7, 11) is 0. The Morgan fingerprint density at radius 2 is 2.04 bits per heavy atom. The summed E-state index contributed by atoms with van der Waals surface area (Å²) in [5, 5.41) is 0. The number of fused-ring (bicyclic) bond motifs is 1. The molecule has 6 nitrogen and oxygen atoms in total. The molecule has 28 heavy (non-hydrogen) atoms. The summed E-state index contributed by atoms with van der Waals surface area (Å²) in [4.78, 5) is 25.2. The highest BCUT2D eigenvalue weighted by molar-refractivity contribution is 5.70. The van der Waals surface area contributed by atoms with Gasteiger partial charge in [0.25, 0.3) is 5.56 Å². The van der Waals surface area contributed by atoms with Crippen LogP contribution in [0.3, 0.4) is 0 Å². The molecule has 1 aromatic carbocycles. The molecule has 0 bridgehead atoms. The third-order valence-corrected chi connectivity index (χ3v) is 5.39. The van der Waals surface area contributed by atoms with Gasteiger partial charge in [0.05, 0.1) is 0 Å². The molecule has 1 aliphatic rings. The van der Waals surface area contributed by atoms with Crippen LogP contribution in [0, 0.1) is 5.82 Å². The molecule has 1 fully saturated rings. The van der Waals surface area contributed by atoms with Gasteiger partial charge in [-0.1, -0.05) is 32.8 Å². The van der Waals surface area contributed by atoms with E-state index in [0.29, 0.717) is 23.6 Å². The Balaban J connectivity index is 1.77. The first-order valence-electron chi connectivity index (χ1n) is 10.1. The van der Waals surface area contributed by atoms with Gasteiger partial charge in [-0.05, 0) is 43.4 Å². The van der Waals surface area contributed by atoms with Gasteiger partial charge in [0.1, 0.15) is 5.82 Å². The van der Waals surface area contributed by atoms with Crippen LogP contribution in [0.25, 0.3) is 11.2 Å². The lowest BCUT2D eigenvalue weighted by molar-refractivity contribution is 0.377. The van der Waals surface area contributed by atoms with Gasteiger partial charge < -0.3 is 9.72 Å². The number of aryl methyl sites for hydroxylation is 1. The van der Waals surface area contributed by atoms with E-state index in [1.54, 1.807) is 6.07 Å². The van der Waals surface area contributed by atoms with Crippen molar-refractivity contribution in [3.63, 3.8) is 0 Å². The van der Waals surface area contributed by atoms with Crippen LogP contribution in [0.1, 0.15) is 63.3 Å². The quantitative estimate of drug-likeness (QED) is 0.670. The highest BCUT2D eigenvalue weighted by Crippen LogP contribution is 2.33. The number of imidazole rings is 1. The predicted octanol–water partition coefficient (Wildman–Crippen LogP) is 4.68. The lowest BCUT2D eigenvalue weighted by atomic mass is 10.1. The summed E-state index contributed by atoms with van der Waals surface area (Å²) in [6.07, 6.45) is 5.96. The monoisotopic (exact) mass is 384 g/mol. The van der Waals surface area contributed by atoms with Crippen molar-refractivity contribution in [3.05, 3.63) is 45.8 Å². The molecule has 4 rings (SSSR count). The first-order chi connectivity index (χ1) is 13.6. The Bertz CT molecular complexity index is 1050. The Hall–Kier alpha value is -2.70. The van der Waals surface area contributed by atoms with Gasteiger partial charge in [-0.2, -0.15) is 4.98 Å². The molecular weight excluding hydrogens is 359 g/mol. The van der Waals surface area contributed by atoms with E-state index in [-0.39, 0.29) is 17.3 Å². The van der Waals surface area contributed by atoms with E-state index in [1.165, 1.54) is 23.5 Å². The molecule has 0 atom stereocenters. The van der Waals surface area contributed by atoms with E-state index >= 15 is 0 Å². The first-order valence-corrected chi connectivity index (χ1v) is 10.1. The summed E-state index contributed by atoms with van der Waals surface area (Å²) in [5.41, 5.74) is 1.38. The van der Waals surface area contributed by atoms with Crippen LogP contribution in [-0.2, 0) is 13.0 Å². The lowest BCUT2D eigenvalue weighted by Crippen LogP contribution is -2.23. The van der Waals surface area contributed by atoms with Crippen LogP contribution >= 0.6 is 0 Å². The molecule has 0 aliphatic heterocycles. The zero-order valence-electron chi connectivity index (χ0n) is 16.3. The molecule has 0 unspecified atom stereocenters. The maximum Gasteiger partial charge on any atom is 0.307 e. The topological polar surface area (TPSA) is 72.8 Å². The summed E-state index contributed by atoms with van der Waals surface area (Å²) in [6, 6.07) is 4.91. The second-order valence-electron chi connectivity index (χ2n) is 7.37. The van der Waals surface area contributed by atoms with E-state index in [2.05, 4.69) is 15.0 Å². The molecule has 1 aliphatic carbocycles. The number of aromatic amines is 1. The van der Waals surface area contributed by atoms with Gasteiger partial charge in [-0.3, -0.25) is 9.36 Å². The predicted molar refractivity (Wildman–Crippen MR) is 106 cm³/mol. The largest absolute Gasteiger partial charge is 0.422 e. The Morgan fingerprint density at radius 3 is 2.71 bits per heavy atom. The Labute approximate surface area is 162 Å². The smallest absolute Gasteiger partial charge is 0.307 e. The molecule has 1 saturated carbocycles. The third kappa shape index (κ3) is 3.41. The lowest BCUT2D eigenvalue weighted by Gasteiger charge is -2.12. The average molecular weight is 384 g/mol. The van der Waals surface area contributed by atoms with E-state index in [0.717, 1.165) is 37.1 Å². The number of aromatic nitrogens is 4. The van der Waals surface area contributed by atoms with Crippen molar-refractivity contribution in [2.24, 2.45) is 0 Å². The summed E-state index contributed by atoms with van der Waals surface area (Å²) in [5.74, 6) is 0.748. The van der Waals surface area contributed by atoms with Gasteiger partial charge in [0, 0.05) is 12.5 Å². The van der Waals surface area contributed by atoms with Crippen molar-refractivity contribution in [1.82, 2.24) is 19.5 Å². The van der Waals surface area contributed by atoms with Crippen LogP contribution < -0.4 is 10.3 Å². The van der Waals surface area contributed by atoms with Crippen molar-refractivity contribution >= 4 is 11.2 Å². The molecule has 7 heteroatoms. The Kier molecular flexibility index (Phi) is 5.15. The van der Waals surface area contributed by atoms with Gasteiger partial charge in [0.15, 0.2) is 22.7 Å². The SMILES string of the molecule is CCCn1c(Oc2ccc(CC)cc2F)nc2nc(C3CCCC3)[nH]c2c1=O. The number of benzene rings is 1. The molecule has 148 valence electrons. The van der Waals surface area contributed by atoms with Gasteiger partial charge in [-0.15, -0.1) is 0 Å². The van der Waals surface area contributed by atoms with Crippen molar-refractivity contribution in [3.8, 4) is 11.8 Å². The number of H-pyrrole nitrogens is 1. The van der Waals surface area contributed by atoms with E-state index < -0.39 is 5.82 Å². The maximum atomic E-state index is 14.4. The minimum Gasteiger partial charge on any atom is -0.422 e. The number of hydrogen-bond acceptors (Lipinski definition) is 4. The van der Waals surface area contributed by atoms with Crippen LogP contribution in [0.15, 0.2) is 23.0 Å². The minimum absolute atomic E-state index is 0.0554. The molecule has 2 aromatic heterocycles. The zero-order valence-corrected chi connectivity index (χ0v) is 16.3. The number of ether oxygens (including phenoxy) is 1. The molecule has 0 amide bonds. The van der Waals surface area contributed by atoms with Crippen molar-refractivity contribution in [2.45, 2.75) is 64.8 Å². The minimum atomic E-state index is -0.467. The molecule has 0 saturated heterocycles. The molecule has 0 spiro atoms. The highest BCUT2D eigenvalue weighted by atomic mass is 19.1. The van der Waals surface area contributed by atoms with E-state index in [1.807, 2.05) is 19.9 Å². The van der Waals surface area contributed by atoms with E-state index in [9.17, 15) is 9.18 Å². The number of halogens is 1. The maximum absolute atomic E-state index is 14.4. The van der Waals surface area contributed by atoms with Crippen LogP contribution in [0.4, 0.5) is 4.39 Å². The van der Waals surface area contributed by atoms with Crippen molar-refractivity contribution in [1.29, 1.82) is 0 Å². The van der Waals surface area contributed by atoms with Gasteiger partial charge in [-0.25, -0.2) is 9.37 Å². The number of nitrogens with zero attached hydrogens (tertiary/aromatic N) is 3. The fourth-order valence-corrected chi connectivity index (χ4v) is 3.82. The highest BCUT2D eigenvalue weighted by Gasteiger charge is 2.23. The average Bonchev–Trinajstić information content (AvgIpc) is 3.36. The second-order valence-corrected chi connectivity index (χ2v) is 7.37. The van der Waals surface area contributed by atoms with Gasteiger partial charge in [0.2, 0.25) is 0 Å². The second kappa shape index (κ2) is 7.73. The molecule has 2 heterocycles. The van der Waals surface area contributed by atoms with Gasteiger partial charge >= 0.3 is 6.01 Å². The van der Waals surface area contributed by atoms with Crippen molar-refractivity contribution < 1.29 is 9.13 Å². The molecule has 3 aromatic rings. The van der Waals surface area contributed by atoms with Crippen molar-refractivity contribution in [2.75, 3.05) is 0 Å². The normalized spacial score (nSPS) is 14.8. The Morgan fingerprint density at radius 1 is 1.25 bits per heavy atom. The summed E-state index contributed by atoms with van der Waals surface area (Å²) in [6.45, 7) is 4.36. The number of rotatable bonds is 6. The summed E-state index contributed by atoms with van der Waals surface area (Å²) >= 11 is 0. The van der Waals surface area contributed by atoms with E-state index in [4.69, 9.17) is 4.74 Å². The summed E-state index contributed by atoms with van der Waals surface area (Å²) < 4.78 is 21.6. The number of hydrogen-bond donors (Lipinski definition) is 1.